The van der Waals surface area contributed by atoms with Crippen LogP contribution in [0.3, 0.4) is 0 Å². The lowest BCUT2D eigenvalue weighted by Gasteiger charge is -2.44. The number of aromatic nitrogens is 2. The Balaban J connectivity index is 2.04. The molecule has 0 aliphatic heterocycles. The highest BCUT2D eigenvalue weighted by atomic mass is 19.4. The second kappa shape index (κ2) is 8.26. The number of hydrogen-bond acceptors (Lipinski definition) is 4. The average Bonchev–Trinajstić information content (AvgIpc) is 2.69. The van der Waals surface area contributed by atoms with Gasteiger partial charge in [0.15, 0.2) is 0 Å². The maximum atomic E-state index is 15.4. The van der Waals surface area contributed by atoms with Crippen LogP contribution < -0.4 is 4.74 Å². The molecule has 0 aliphatic rings. The van der Waals surface area contributed by atoms with Crippen LogP contribution in [0.5, 0.6) is 5.75 Å². The molecule has 0 spiro atoms. The van der Waals surface area contributed by atoms with Gasteiger partial charge in [0.1, 0.15) is 23.5 Å². The van der Waals surface area contributed by atoms with Crippen molar-refractivity contribution in [1.82, 2.24) is 9.97 Å². The molecule has 1 aromatic heterocycles. The Morgan fingerprint density at radius 1 is 0.839 bits per heavy atom. The minimum absolute atomic E-state index is 0.304. The van der Waals surface area contributed by atoms with Crippen LogP contribution in [0, 0.1) is 11.2 Å². The van der Waals surface area contributed by atoms with Crippen LogP contribution in [0.15, 0.2) is 61.2 Å². The van der Waals surface area contributed by atoms with Gasteiger partial charge in [-0.25, -0.2) is 14.4 Å². The van der Waals surface area contributed by atoms with Gasteiger partial charge in [-0.2, -0.15) is 0 Å². The quantitative estimate of drug-likeness (QED) is 0.454. The number of rotatable bonds is 5. The summed E-state index contributed by atoms with van der Waals surface area (Å²) in [4.78, 5) is 8.12. The van der Waals surface area contributed by atoms with Crippen molar-refractivity contribution in [2.24, 2.45) is 5.41 Å². The summed E-state index contributed by atoms with van der Waals surface area (Å²) in [5.41, 5.74) is 0.223. The maximum absolute atomic E-state index is 15.4. The van der Waals surface area contributed by atoms with Crippen LogP contribution in [-0.2, 0) is 10.3 Å². The predicted octanol–water partition coefficient (Wildman–Crippen LogP) is 6.12. The van der Waals surface area contributed by atoms with E-state index in [-0.39, 0.29) is 5.75 Å². The van der Waals surface area contributed by atoms with Gasteiger partial charge in [-0.15, -0.1) is 13.2 Å². The molecule has 1 heterocycles. The molecule has 2 aromatic carbocycles. The van der Waals surface area contributed by atoms with Crippen LogP contribution in [0.2, 0.25) is 0 Å². The van der Waals surface area contributed by atoms with Crippen molar-refractivity contribution in [1.29, 1.82) is 0 Å². The van der Waals surface area contributed by atoms with E-state index in [0.717, 1.165) is 0 Å². The zero-order valence-corrected chi connectivity index (χ0v) is 17.5. The Bertz CT molecular complexity index is 1030. The van der Waals surface area contributed by atoms with Crippen molar-refractivity contribution in [3.8, 4) is 16.9 Å². The Morgan fingerprint density at radius 2 is 1.42 bits per heavy atom. The highest BCUT2D eigenvalue weighted by molar-refractivity contribution is 5.65. The largest absolute Gasteiger partial charge is 0.573 e. The number of halogens is 4. The molecule has 3 aromatic rings. The van der Waals surface area contributed by atoms with E-state index in [4.69, 9.17) is 4.74 Å². The van der Waals surface area contributed by atoms with E-state index in [1.54, 1.807) is 24.5 Å². The van der Waals surface area contributed by atoms with E-state index in [1.807, 2.05) is 20.8 Å². The Hall–Kier alpha value is -3.00. The van der Waals surface area contributed by atoms with Gasteiger partial charge >= 0.3 is 6.36 Å². The zero-order chi connectivity index (χ0) is 22.9. The third kappa shape index (κ3) is 4.54. The van der Waals surface area contributed by atoms with Crippen molar-refractivity contribution in [3.05, 3.63) is 78.1 Å². The number of alkyl halides is 3. The summed E-state index contributed by atoms with van der Waals surface area (Å²) in [6.07, 6.45) is -0.200. The lowest BCUT2D eigenvalue weighted by Crippen LogP contribution is -2.44. The molecule has 0 saturated carbocycles. The molecular formula is C23H22F4N2O2. The van der Waals surface area contributed by atoms with Crippen molar-refractivity contribution in [2.45, 2.75) is 32.7 Å². The van der Waals surface area contributed by atoms with E-state index in [0.29, 0.717) is 22.3 Å². The molecule has 8 heteroatoms. The normalized spacial score (nSPS) is 14.2. The van der Waals surface area contributed by atoms with Gasteiger partial charge in [-0.3, -0.25) is 0 Å². The molecule has 1 unspecified atom stereocenters. The van der Waals surface area contributed by atoms with Gasteiger partial charge in [-0.1, -0.05) is 45.0 Å². The first-order valence-electron chi connectivity index (χ1n) is 9.45. The van der Waals surface area contributed by atoms with Crippen LogP contribution in [0.4, 0.5) is 17.6 Å². The summed E-state index contributed by atoms with van der Waals surface area (Å²) in [7, 11) is 1.50. The van der Waals surface area contributed by atoms with Gasteiger partial charge in [0, 0.05) is 30.6 Å². The number of ether oxygens (including phenoxy) is 2. The van der Waals surface area contributed by atoms with E-state index in [9.17, 15) is 13.2 Å². The third-order valence-electron chi connectivity index (χ3n) is 5.10. The lowest BCUT2D eigenvalue weighted by molar-refractivity contribution is -0.274. The summed E-state index contributed by atoms with van der Waals surface area (Å²) in [6, 6.07) is 9.89. The molecule has 3 rings (SSSR count). The van der Waals surface area contributed by atoms with E-state index in [1.165, 1.54) is 43.8 Å². The predicted molar refractivity (Wildman–Crippen MR) is 108 cm³/mol. The summed E-state index contributed by atoms with van der Waals surface area (Å²) in [6.45, 7) is 5.78. The minimum atomic E-state index is -4.77. The third-order valence-corrected chi connectivity index (χ3v) is 5.10. The van der Waals surface area contributed by atoms with Crippen molar-refractivity contribution < 1.29 is 27.0 Å². The topological polar surface area (TPSA) is 44.2 Å². The molecule has 0 amide bonds. The van der Waals surface area contributed by atoms with E-state index >= 15 is 4.39 Å². The SMILES string of the molecule is COC(c1cncnc1)(c1ccc(-c2ccc(OC(F)(F)F)cc2)cc1F)C(C)(C)C. The second-order valence-corrected chi connectivity index (χ2v) is 8.03. The number of hydrogen-bond donors (Lipinski definition) is 0. The fourth-order valence-corrected chi connectivity index (χ4v) is 3.84. The summed E-state index contributed by atoms with van der Waals surface area (Å²) < 4.78 is 62.3. The van der Waals surface area contributed by atoms with Crippen LogP contribution in [0.25, 0.3) is 11.1 Å². The Morgan fingerprint density at radius 3 is 1.90 bits per heavy atom. The minimum Gasteiger partial charge on any atom is -0.406 e. The smallest absolute Gasteiger partial charge is 0.406 e. The summed E-state index contributed by atoms with van der Waals surface area (Å²) in [5, 5.41) is 0. The first-order valence-corrected chi connectivity index (χ1v) is 9.45. The standard InChI is InChI=1S/C23H22F4N2O2/c1-21(2,3)22(30-4,17-12-28-14-29-13-17)19-10-7-16(11-20(19)24)15-5-8-18(9-6-15)31-23(25,26)27/h5-14H,1-4H3. The highest BCUT2D eigenvalue weighted by Gasteiger charge is 2.47. The fourth-order valence-electron chi connectivity index (χ4n) is 3.84. The Labute approximate surface area is 177 Å². The van der Waals surface area contributed by atoms with Gasteiger partial charge < -0.3 is 9.47 Å². The van der Waals surface area contributed by atoms with E-state index < -0.39 is 23.2 Å². The molecule has 0 bridgehead atoms. The van der Waals surface area contributed by atoms with Crippen molar-refractivity contribution in [2.75, 3.05) is 7.11 Å². The summed E-state index contributed by atoms with van der Waals surface area (Å²) in [5.74, 6) is -0.864. The van der Waals surface area contributed by atoms with Crippen molar-refractivity contribution in [3.63, 3.8) is 0 Å². The first kappa shape index (κ1) is 22.7. The van der Waals surface area contributed by atoms with Crippen molar-refractivity contribution >= 4 is 0 Å². The van der Waals surface area contributed by atoms with Crippen LogP contribution in [0.1, 0.15) is 31.9 Å². The number of benzene rings is 2. The molecule has 0 saturated heterocycles. The Kier molecular flexibility index (Phi) is 6.04. The molecule has 164 valence electrons. The van der Waals surface area contributed by atoms with E-state index in [2.05, 4.69) is 14.7 Å². The molecule has 0 N–H and O–H groups in total. The maximum Gasteiger partial charge on any atom is 0.573 e. The average molecular weight is 434 g/mol. The highest BCUT2D eigenvalue weighted by Crippen LogP contribution is 2.48. The summed E-state index contributed by atoms with van der Waals surface area (Å²) >= 11 is 0. The molecule has 31 heavy (non-hydrogen) atoms. The first-order chi connectivity index (χ1) is 14.5. The molecule has 0 fully saturated rings. The van der Waals surface area contributed by atoms with Gasteiger partial charge in [0.25, 0.3) is 0 Å². The number of nitrogens with zero attached hydrogens (tertiary/aromatic N) is 2. The molecular weight excluding hydrogens is 412 g/mol. The zero-order valence-electron chi connectivity index (χ0n) is 17.5. The fraction of sp³-hybridized carbons (Fsp3) is 0.304. The second-order valence-electron chi connectivity index (χ2n) is 8.03. The molecule has 0 aliphatic carbocycles. The lowest BCUT2D eigenvalue weighted by atomic mass is 9.68. The van der Waals surface area contributed by atoms with Gasteiger partial charge in [0.05, 0.1) is 0 Å². The monoisotopic (exact) mass is 434 g/mol. The van der Waals surface area contributed by atoms with Gasteiger partial charge in [-0.05, 0) is 34.7 Å². The molecule has 1 atom stereocenters. The molecule has 4 nitrogen and oxygen atoms in total. The molecule has 0 radical (unpaired) electrons. The number of methoxy groups -OCH3 is 1. The van der Waals surface area contributed by atoms with Gasteiger partial charge in [0.2, 0.25) is 0 Å². The van der Waals surface area contributed by atoms with Crippen LogP contribution >= 0.6 is 0 Å². The van der Waals surface area contributed by atoms with Crippen LogP contribution in [-0.4, -0.2) is 23.4 Å².